The van der Waals surface area contributed by atoms with Gasteiger partial charge in [0.1, 0.15) is 0 Å². The maximum Gasteiger partial charge on any atom is 0.221 e. The van der Waals surface area contributed by atoms with Gasteiger partial charge in [0.2, 0.25) is 5.91 Å². The second-order valence-corrected chi connectivity index (χ2v) is 3.95. The van der Waals surface area contributed by atoms with Crippen molar-refractivity contribution < 1.29 is 9.53 Å². The van der Waals surface area contributed by atoms with Crippen LogP contribution in [-0.4, -0.2) is 53.2 Å². The van der Waals surface area contributed by atoms with Crippen molar-refractivity contribution in [1.29, 1.82) is 0 Å². The Kier molecular flexibility index (Phi) is 4.45. The molecule has 7 nitrogen and oxygen atoms in total. The minimum absolute atomic E-state index is 0.0212. The average molecular weight is 239 g/mol. The van der Waals surface area contributed by atoms with E-state index in [-0.39, 0.29) is 11.9 Å². The lowest BCUT2D eigenvalue weighted by Crippen LogP contribution is -2.48. The van der Waals surface area contributed by atoms with Crippen LogP contribution in [0.25, 0.3) is 0 Å². The van der Waals surface area contributed by atoms with E-state index in [1.807, 2.05) is 0 Å². The number of carbonyl (C=O) groups excluding carboxylic acids is 1. The number of aryl methyl sites for hydroxylation is 1. The van der Waals surface area contributed by atoms with Crippen LogP contribution in [0.4, 0.5) is 0 Å². The number of aromatic nitrogens is 3. The molecule has 17 heavy (non-hydrogen) atoms. The van der Waals surface area contributed by atoms with Gasteiger partial charge < -0.3 is 15.4 Å². The van der Waals surface area contributed by atoms with Gasteiger partial charge in [-0.1, -0.05) is 5.21 Å². The molecule has 0 aromatic carbocycles. The van der Waals surface area contributed by atoms with Gasteiger partial charge in [-0.15, -0.1) is 5.10 Å². The molecular weight excluding hydrogens is 222 g/mol. The molecule has 2 heterocycles. The third-order valence-electron chi connectivity index (χ3n) is 2.58. The Morgan fingerprint density at radius 3 is 3.29 bits per heavy atom. The molecule has 0 radical (unpaired) electrons. The number of morpholine rings is 1. The topological polar surface area (TPSA) is 81.1 Å². The fourth-order valence-corrected chi connectivity index (χ4v) is 1.64. The number of ether oxygens (including phenoxy) is 1. The summed E-state index contributed by atoms with van der Waals surface area (Å²) in [4.78, 5) is 11.5. The fourth-order valence-electron chi connectivity index (χ4n) is 1.64. The van der Waals surface area contributed by atoms with E-state index >= 15 is 0 Å². The van der Waals surface area contributed by atoms with Crippen LogP contribution in [0.5, 0.6) is 0 Å². The Hall–Kier alpha value is -1.47. The molecule has 1 atom stereocenters. The zero-order valence-electron chi connectivity index (χ0n) is 9.63. The lowest BCUT2D eigenvalue weighted by Gasteiger charge is -2.23. The van der Waals surface area contributed by atoms with Gasteiger partial charge in [-0.05, 0) is 0 Å². The molecule has 1 amide bonds. The molecule has 1 aromatic rings. The van der Waals surface area contributed by atoms with Crippen molar-refractivity contribution in [3.05, 3.63) is 12.4 Å². The van der Waals surface area contributed by atoms with E-state index in [1.54, 1.807) is 17.1 Å². The number of nitrogens with one attached hydrogen (secondary N) is 2. The largest absolute Gasteiger partial charge is 0.378 e. The number of hydrogen-bond acceptors (Lipinski definition) is 5. The van der Waals surface area contributed by atoms with Crippen LogP contribution in [0.1, 0.15) is 6.42 Å². The van der Waals surface area contributed by atoms with Crippen LogP contribution in [0.2, 0.25) is 0 Å². The second kappa shape index (κ2) is 6.31. The van der Waals surface area contributed by atoms with Gasteiger partial charge in [0.05, 0.1) is 26.0 Å². The molecule has 0 aliphatic carbocycles. The van der Waals surface area contributed by atoms with Gasteiger partial charge in [-0.3, -0.25) is 9.48 Å². The quantitative estimate of drug-likeness (QED) is 0.672. The first kappa shape index (κ1) is 12.0. The summed E-state index contributed by atoms with van der Waals surface area (Å²) in [5.74, 6) is 0.0212. The number of rotatable bonds is 5. The molecule has 2 N–H and O–H groups in total. The van der Waals surface area contributed by atoms with E-state index < -0.39 is 0 Å². The molecule has 94 valence electrons. The lowest BCUT2D eigenvalue weighted by molar-refractivity contribution is -0.121. The van der Waals surface area contributed by atoms with Crippen molar-refractivity contribution in [2.75, 3.05) is 26.3 Å². The summed E-state index contributed by atoms with van der Waals surface area (Å²) in [6.45, 7) is 3.41. The smallest absolute Gasteiger partial charge is 0.221 e. The monoisotopic (exact) mass is 239 g/mol. The summed E-state index contributed by atoms with van der Waals surface area (Å²) >= 11 is 0. The van der Waals surface area contributed by atoms with Gasteiger partial charge in [0, 0.05) is 31.7 Å². The number of nitrogens with zero attached hydrogens (tertiary/aromatic N) is 3. The first-order chi connectivity index (χ1) is 8.34. The minimum Gasteiger partial charge on any atom is -0.378 e. The van der Waals surface area contributed by atoms with Crippen molar-refractivity contribution in [2.45, 2.75) is 19.0 Å². The summed E-state index contributed by atoms with van der Waals surface area (Å²) in [7, 11) is 0. The van der Waals surface area contributed by atoms with Crippen molar-refractivity contribution >= 4 is 5.91 Å². The Bertz CT molecular complexity index is 334. The van der Waals surface area contributed by atoms with E-state index in [9.17, 15) is 4.79 Å². The molecule has 0 saturated carbocycles. The van der Waals surface area contributed by atoms with Gasteiger partial charge in [-0.25, -0.2) is 0 Å². The standard InChI is InChI=1S/C10H17N5O2/c16-10(1-4-15-5-2-13-14-15)12-7-9-8-17-6-3-11-9/h2,5,9,11H,1,3-4,6-8H2,(H,12,16). The van der Waals surface area contributed by atoms with Crippen LogP contribution in [-0.2, 0) is 16.1 Å². The van der Waals surface area contributed by atoms with Gasteiger partial charge in [-0.2, -0.15) is 0 Å². The van der Waals surface area contributed by atoms with Gasteiger partial charge >= 0.3 is 0 Å². The maximum absolute atomic E-state index is 11.5. The summed E-state index contributed by atoms with van der Waals surface area (Å²) in [6.07, 6.45) is 3.75. The van der Waals surface area contributed by atoms with E-state index in [2.05, 4.69) is 20.9 Å². The van der Waals surface area contributed by atoms with Crippen LogP contribution in [0.3, 0.4) is 0 Å². The Labute approximate surface area is 99.5 Å². The highest BCUT2D eigenvalue weighted by Crippen LogP contribution is 1.92. The molecule has 1 fully saturated rings. The van der Waals surface area contributed by atoms with E-state index in [0.717, 1.165) is 13.2 Å². The number of amides is 1. The highest BCUT2D eigenvalue weighted by Gasteiger charge is 2.13. The van der Waals surface area contributed by atoms with E-state index in [0.29, 0.717) is 26.1 Å². The van der Waals surface area contributed by atoms with Crippen LogP contribution in [0.15, 0.2) is 12.4 Å². The van der Waals surface area contributed by atoms with Crippen molar-refractivity contribution in [3.8, 4) is 0 Å². The first-order valence-electron chi connectivity index (χ1n) is 5.76. The summed E-state index contributed by atoms with van der Waals surface area (Å²) in [5.41, 5.74) is 0. The van der Waals surface area contributed by atoms with E-state index in [1.165, 1.54) is 0 Å². The van der Waals surface area contributed by atoms with Gasteiger partial charge in [0.15, 0.2) is 0 Å². The SMILES string of the molecule is O=C(CCn1ccnn1)NCC1COCCN1. The van der Waals surface area contributed by atoms with Crippen LogP contribution >= 0.6 is 0 Å². The third kappa shape index (κ3) is 4.12. The third-order valence-corrected chi connectivity index (χ3v) is 2.58. The van der Waals surface area contributed by atoms with Crippen LogP contribution < -0.4 is 10.6 Å². The first-order valence-corrected chi connectivity index (χ1v) is 5.76. The normalized spacial score (nSPS) is 20.1. The van der Waals surface area contributed by atoms with Crippen LogP contribution in [0, 0.1) is 0 Å². The molecule has 1 saturated heterocycles. The molecule has 2 rings (SSSR count). The maximum atomic E-state index is 11.5. The molecule has 7 heteroatoms. The van der Waals surface area contributed by atoms with Gasteiger partial charge in [0.25, 0.3) is 0 Å². The molecule has 0 bridgehead atoms. The second-order valence-electron chi connectivity index (χ2n) is 3.95. The Morgan fingerprint density at radius 2 is 2.59 bits per heavy atom. The lowest BCUT2D eigenvalue weighted by atomic mass is 10.2. The molecule has 1 aliphatic heterocycles. The number of carbonyl (C=O) groups is 1. The zero-order valence-corrected chi connectivity index (χ0v) is 9.63. The molecule has 0 spiro atoms. The Morgan fingerprint density at radius 1 is 1.65 bits per heavy atom. The molecule has 1 unspecified atom stereocenters. The predicted octanol–water partition coefficient (Wildman–Crippen LogP) is -1.23. The zero-order chi connectivity index (χ0) is 11.9. The number of hydrogen-bond donors (Lipinski definition) is 2. The fraction of sp³-hybridized carbons (Fsp3) is 0.700. The Balaban J connectivity index is 1.60. The summed E-state index contributed by atoms with van der Waals surface area (Å²) in [6, 6.07) is 0.221. The minimum atomic E-state index is 0.0212. The molecule has 1 aromatic heterocycles. The van der Waals surface area contributed by atoms with Crippen molar-refractivity contribution in [3.63, 3.8) is 0 Å². The average Bonchev–Trinajstić information content (AvgIpc) is 2.88. The molecule has 1 aliphatic rings. The van der Waals surface area contributed by atoms with Crippen molar-refractivity contribution in [1.82, 2.24) is 25.6 Å². The summed E-state index contributed by atoms with van der Waals surface area (Å²) < 4.78 is 6.94. The summed E-state index contributed by atoms with van der Waals surface area (Å²) in [5, 5.41) is 13.6. The highest BCUT2D eigenvalue weighted by molar-refractivity contribution is 5.75. The predicted molar refractivity (Wildman–Crippen MR) is 60.3 cm³/mol. The molecular formula is C10H17N5O2. The highest BCUT2D eigenvalue weighted by atomic mass is 16.5. The van der Waals surface area contributed by atoms with E-state index in [4.69, 9.17) is 4.74 Å². The van der Waals surface area contributed by atoms with Crippen molar-refractivity contribution in [2.24, 2.45) is 0 Å².